The molecule has 0 saturated carbocycles. The van der Waals surface area contributed by atoms with E-state index in [4.69, 9.17) is 9.57 Å². The molecule has 2 aromatic rings. The fourth-order valence-electron chi connectivity index (χ4n) is 3.35. The maximum atomic E-state index is 12.6. The lowest BCUT2D eigenvalue weighted by molar-refractivity contribution is -0.0589. The molecule has 0 fully saturated rings. The molecule has 30 heavy (non-hydrogen) atoms. The van der Waals surface area contributed by atoms with Gasteiger partial charge in [-0.05, 0) is 39.3 Å². The van der Waals surface area contributed by atoms with Gasteiger partial charge in [-0.1, -0.05) is 17.2 Å². The van der Waals surface area contributed by atoms with Crippen molar-refractivity contribution in [3.05, 3.63) is 52.3 Å². The molecule has 0 radical (unpaired) electrons. The molecular weight excluding hydrogens is 392 g/mol. The summed E-state index contributed by atoms with van der Waals surface area (Å²) in [5.41, 5.74) is 0.857. The number of H-pyrrole nitrogens is 1. The van der Waals surface area contributed by atoms with Crippen molar-refractivity contribution in [3.8, 4) is 0 Å². The van der Waals surface area contributed by atoms with Gasteiger partial charge < -0.3 is 14.5 Å². The molecular formula is C20H20N4O6. The number of carbonyl (C=O) groups excluding carboxylic acids is 4. The average molecular weight is 412 g/mol. The minimum Gasteiger partial charge on any atom is -0.444 e. The summed E-state index contributed by atoms with van der Waals surface area (Å²) in [5, 5.41) is 7.16. The monoisotopic (exact) mass is 412 g/mol. The number of carbonyl (C=O) groups is 4. The predicted octanol–water partition coefficient (Wildman–Crippen LogP) is 2.07. The third-order valence-corrected chi connectivity index (χ3v) is 4.71. The zero-order chi connectivity index (χ0) is 21.6. The fraction of sp³-hybridized carbons (Fsp3) is 0.350. The van der Waals surface area contributed by atoms with Crippen molar-refractivity contribution in [2.24, 2.45) is 0 Å². The van der Waals surface area contributed by atoms with Crippen LogP contribution in [-0.2, 0) is 22.5 Å². The molecule has 156 valence electrons. The lowest BCUT2D eigenvalue weighted by Gasteiger charge is -2.29. The Kier molecular flexibility index (Phi) is 4.56. The van der Waals surface area contributed by atoms with Crippen molar-refractivity contribution in [2.75, 3.05) is 6.54 Å². The van der Waals surface area contributed by atoms with Gasteiger partial charge in [0, 0.05) is 12.1 Å². The summed E-state index contributed by atoms with van der Waals surface area (Å²) in [4.78, 5) is 56.2. The number of rotatable bonds is 2. The highest BCUT2D eigenvalue weighted by atomic mass is 16.7. The van der Waals surface area contributed by atoms with E-state index in [0.717, 1.165) is 0 Å². The van der Waals surface area contributed by atoms with Gasteiger partial charge in [0.2, 0.25) is 0 Å². The molecule has 1 aromatic heterocycles. The second-order valence-corrected chi connectivity index (χ2v) is 8.01. The normalized spacial score (nSPS) is 15.7. The number of hydroxylamine groups is 2. The van der Waals surface area contributed by atoms with Gasteiger partial charge in [0.1, 0.15) is 5.60 Å². The Morgan fingerprint density at radius 1 is 1.10 bits per heavy atom. The molecule has 0 bridgehead atoms. The maximum absolute atomic E-state index is 12.6. The number of fused-ring (bicyclic) bond motifs is 2. The Balaban J connectivity index is 1.48. The van der Waals surface area contributed by atoms with Crippen LogP contribution in [0, 0.1) is 0 Å². The Morgan fingerprint density at radius 2 is 1.73 bits per heavy atom. The number of nitrogens with one attached hydrogen (secondary N) is 1. The smallest absolute Gasteiger partial charge is 0.410 e. The van der Waals surface area contributed by atoms with Crippen molar-refractivity contribution in [1.82, 2.24) is 20.2 Å². The van der Waals surface area contributed by atoms with E-state index in [1.54, 1.807) is 32.9 Å². The average Bonchev–Trinajstić information content (AvgIpc) is 3.21. The Labute approximate surface area is 171 Å². The molecule has 0 unspecified atom stereocenters. The molecule has 0 saturated heterocycles. The molecule has 3 heterocycles. The fourth-order valence-corrected chi connectivity index (χ4v) is 3.35. The largest absolute Gasteiger partial charge is 0.444 e. The van der Waals surface area contributed by atoms with E-state index in [-0.39, 0.29) is 23.4 Å². The van der Waals surface area contributed by atoms with Crippen LogP contribution in [0.2, 0.25) is 0 Å². The van der Waals surface area contributed by atoms with Crippen LogP contribution < -0.4 is 0 Å². The predicted molar refractivity (Wildman–Crippen MR) is 101 cm³/mol. The SMILES string of the molecule is CC(C)(C)OC(=O)N1CCc2c(C(=O)ON3C(=O)c4ccccc4C3=O)n[nH]c2C1. The van der Waals surface area contributed by atoms with Crippen molar-refractivity contribution in [3.63, 3.8) is 0 Å². The molecule has 2 aliphatic rings. The van der Waals surface area contributed by atoms with Gasteiger partial charge in [-0.15, -0.1) is 0 Å². The number of hydrogen-bond donors (Lipinski definition) is 1. The molecule has 0 spiro atoms. The lowest BCUT2D eigenvalue weighted by atomic mass is 10.0. The van der Waals surface area contributed by atoms with E-state index in [0.29, 0.717) is 29.3 Å². The summed E-state index contributed by atoms with van der Waals surface area (Å²) in [5.74, 6) is -2.33. The van der Waals surface area contributed by atoms with E-state index < -0.39 is 29.5 Å². The second kappa shape index (κ2) is 6.97. The quantitative estimate of drug-likeness (QED) is 0.749. The number of aromatic amines is 1. The molecule has 10 heteroatoms. The molecule has 10 nitrogen and oxygen atoms in total. The van der Waals surface area contributed by atoms with Crippen LogP contribution in [0.15, 0.2) is 24.3 Å². The number of hydrogen-bond acceptors (Lipinski definition) is 7. The van der Waals surface area contributed by atoms with Crippen LogP contribution in [0.5, 0.6) is 0 Å². The number of imide groups is 1. The van der Waals surface area contributed by atoms with Crippen LogP contribution in [0.1, 0.15) is 63.2 Å². The number of nitrogens with zero attached hydrogens (tertiary/aromatic N) is 3. The van der Waals surface area contributed by atoms with Gasteiger partial charge in [-0.25, -0.2) is 9.59 Å². The number of aromatic nitrogens is 2. The molecule has 3 amide bonds. The minimum absolute atomic E-state index is 0.0228. The Bertz CT molecular complexity index is 1030. The van der Waals surface area contributed by atoms with Crippen LogP contribution in [0.4, 0.5) is 4.79 Å². The van der Waals surface area contributed by atoms with E-state index >= 15 is 0 Å². The van der Waals surface area contributed by atoms with Crippen molar-refractivity contribution in [1.29, 1.82) is 0 Å². The Morgan fingerprint density at radius 3 is 2.33 bits per heavy atom. The first-order valence-electron chi connectivity index (χ1n) is 9.40. The van der Waals surface area contributed by atoms with Crippen LogP contribution in [0.3, 0.4) is 0 Å². The third-order valence-electron chi connectivity index (χ3n) is 4.71. The first-order chi connectivity index (χ1) is 14.2. The highest BCUT2D eigenvalue weighted by Crippen LogP contribution is 2.26. The summed E-state index contributed by atoms with van der Waals surface area (Å²) in [6.07, 6.45) is -0.115. The summed E-state index contributed by atoms with van der Waals surface area (Å²) in [6.45, 7) is 5.86. The lowest BCUT2D eigenvalue weighted by Crippen LogP contribution is -2.40. The van der Waals surface area contributed by atoms with Crippen LogP contribution >= 0.6 is 0 Å². The first kappa shape index (κ1) is 19.6. The van der Waals surface area contributed by atoms with Crippen molar-refractivity contribution >= 4 is 23.9 Å². The highest BCUT2D eigenvalue weighted by Gasteiger charge is 2.40. The van der Waals surface area contributed by atoms with Crippen molar-refractivity contribution in [2.45, 2.75) is 39.3 Å². The molecule has 1 aromatic carbocycles. The molecule has 4 rings (SSSR count). The molecule has 1 N–H and O–H groups in total. The van der Waals surface area contributed by atoms with Crippen LogP contribution in [-0.4, -0.2) is 56.2 Å². The molecule has 0 aliphatic carbocycles. The van der Waals surface area contributed by atoms with Gasteiger partial charge in [-0.2, -0.15) is 5.10 Å². The van der Waals surface area contributed by atoms with Gasteiger partial charge in [0.25, 0.3) is 11.8 Å². The zero-order valence-corrected chi connectivity index (χ0v) is 16.7. The first-order valence-corrected chi connectivity index (χ1v) is 9.40. The van der Waals surface area contributed by atoms with E-state index in [1.165, 1.54) is 17.0 Å². The van der Waals surface area contributed by atoms with Gasteiger partial charge in [0.05, 0.1) is 23.4 Å². The summed E-state index contributed by atoms with van der Waals surface area (Å²) < 4.78 is 5.37. The molecule has 2 aliphatic heterocycles. The standard InChI is InChI=1S/C20H20N4O6/c1-20(2,3)29-19(28)23-9-8-13-14(10-23)21-22-15(13)18(27)30-24-16(25)11-6-4-5-7-12(11)17(24)26/h4-7H,8-10H2,1-3H3,(H,21,22). The number of amides is 3. The zero-order valence-electron chi connectivity index (χ0n) is 16.7. The summed E-state index contributed by atoms with van der Waals surface area (Å²) in [6, 6.07) is 6.22. The summed E-state index contributed by atoms with van der Waals surface area (Å²) in [7, 11) is 0. The Hall–Kier alpha value is -3.69. The number of benzene rings is 1. The summed E-state index contributed by atoms with van der Waals surface area (Å²) >= 11 is 0. The number of ether oxygens (including phenoxy) is 1. The van der Waals surface area contributed by atoms with Gasteiger partial charge >= 0.3 is 12.1 Å². The van der Waals surface area contributed by atoms with Gasteiger partial charge in [-0.3, -0.25) is 14.7 Å². The van der Waals surface area contributed by atoms with E-state index in [2.05, 4.69) is 10.2 Å². The van der Waals surface area contributed by atoms with E-state index in [1.807, 2.05) is 0 Å². The topological polar surface area (TPSA) is 122 Å². The third kappa shape index (κ3) is 3.40. The van der Waals surface area contributed by atoms with Crippen molar-refractivity contribution < 1.29 is 28.8 Å². The molecule has 0 atom stereocenters. The second-order valence-electron chi connectivity index (χ2n) is 8.01. The van der Waals surface area contributed by atoms with Gasteiger partial charge in [0.15, 0.2) is 5.69 Å². The maximum Gasteiger partial charge on any atom is 0.410 e. The van der Waals surface area contributed by atoms with E-state index in [9.17, 15) is 19.2 Å². The van der Waals surface area contributed by atoms with Crippen LogP contribution in [0.25, 0.3) is 0 Å². The minimum atomic E-state index is -0.923. The highest BCUT2D eigenvalue weighted by molar-refractivity contribution is 6.21.